The van der Waals surface area contributed by atoms with Gasteiger partial charge in [-0.15, -0.1) is 0 Å². The van der Waals surface area contributed by atoms with Crippen molar-refractivity contribution in [1.29, 1.82) is 0 Å². The van der Waals surface area contributed by atoms with Gasteiger partial charge in [0, 0.05) is 5.54 Å². The third kappa shape index (κ3) is 2.71. The van der Waals surface area contributed by atoms with Gasteiger partial charge in [-0.2, -0.15) is 0 Å². The molecule has 0 spiro atoms. The average Bonchev–Trinajstić information content (AvgIpc) is 2.17. The Hall–Kier alpha value is -0.570. The topological polar surface area (TPSA) is 40.5 Å². The van der Waals surface area contributed by atoms with Crippen LogP contribution in [0.3, 0.4) is 0 Å². The fourth-order valence-electron chi connectivity index (χ4n) is 2.07. The van der Waals surface area contributed by atoms with E-state index in [-0.39, 0.29) is 11.5 Å². The van der Waals surface area contributed by atoms with Crippen molar-refractivity contribution in [2.24, 2.45) is 11.8 Å². The first-order valence-electron chi connectivity index (χ1n) is 5.83. The van der Waals surface area contributed by atoms with Crippen LogP contribution in [0.2, 0.25) is 0 Å². The van der Waals surface area contributed by atoms with E-state index >= 15 is 0 Å². The van der Waals surface area contributed by atoms with Crippen LogP contribution in [0, 0.1) is 11.8 Å². The summed E-state index contributed by atoms with van der Waals surface area (Å²) < 4.78 is 0. The molecule has 1 aliphatic rings. The minimum Gasteiger partial charge on any atom is -0.481 e. The lowest BCUT2D eigenvalue weighted by Gasteiger charge is -2.45. The van der Waals surface area contributed by atoms with E-state index < -0.39 is 5.97 Å². The lowest BCUT2D eigenvalue weighted by Crippen LogP contribution is -2.51. The van der Waals surface area contributed by atoms with Gasteiger partial charge in [0.2, 0.25) is 0 Å². The van der Waals surface area contributed by atoms with Gasteiger partial charge in [0.25, 0.3) is 0 Å². The highest BCUT2D eigenvalue weighted by atomic mass is 16.4. The molecule has 0 aromatic rings. The van der Waals surface area contributed by atoms with Gasteiger partial charge in [-0.3, -0.25) is 9.69 Å². The number of rotatable bonds is 3. The van der Waals surface area contributed by atoms with E-state index in [0.29, 0.717) is 5.92 Å². The van der Waals surface area contributed by atoms with Crippen LogP contribution in [-0.4, -0.2) is 34.6 Å². The number of hydrogen-bond acceptors (Lipinski definition) is 2. The van der Waals surface area contributed by atoms with Crippen LogP contribution in [0.4, 0.5) is 0 Å². The SMILES string of the molecule is CC(C)C(C)(C)N1CCC(C(=O)O)CC1. The zero-order valence-corrected chi connectivity index (χ0v) is 10.3. The third-order valence-corrected chi connectivity index (χ3v) is 4.07. The van der Waals surface area contributed by atoms with Crippen molar-refractivity contribution in [1.82, 2.24) is 4.90 Å². The summed E-state index contributed by atoms with van der Waals surface area (Å²) in [5.41, 5.74) is 0.184. The summed E-state index contributed by atoms with van der Waals surface area (Å²) in [7, 11) is 0. The van der Waals surface area contributed by atoms with Crippen molar-refractivity contribution in [3.8, 4) is 0 Å². The van der Waals surface area contributed by atoms with E-state index in [2.05, 4.69) is 32.6 Å². The quantitative estimate of drug-likeness (QED) is 0.781. The Morgan fingerprint density at radius 1 is 1.33 bits per heavy atom. The summed E-state index contributed by atoms with van der Waals surface area (Å²) in [5.74, 6) is -0.153. The summed E-state index contributed by atoms with van der Waals surface area (Å²) >= 11 is 0. The van der Waals surface area contributed by atoms with Crippen LogP contribution in [0.5, 0.6) is 0 Å². The molecule has 0 unspecified atom stereocenters. The summed E-state index contributed by atoms with van der Waals surface area (Å²) in [6.45, 7) is 10.8. The maximum atomic E-state index is 10.8. The molecule has 0 bridgehead atoms. The van der Waals surface area contributed by atoms with Crippen molar-refractivity contribution in [2.75, 3.05) is 13.1 Å². The Balaban J connectivity index is 2.54. The zero-order chi connectivity index (χ0) is 11.6. The molecule has 0 aliphatic carbocycles. The summed E-state index contributed by atoms with van der Waals surface area (Å²) in [6, 6.07) is 0. The molecule has 1 aliphatic heterocycles. The molecule has 3 heteroatoms. The number of hydrogen-bond donors (Lipinski definition) is 1. The summed E-state index contributed by atoms with van der Waals surface area (Å²) in [5, 5.41) is 8.92. The Morgan fingerprint density at radius 3 is 2.13 bits per heavy atom. The fraction of sp³-hybridized carbons (Fsp3) is 0.917. The van der Waals surface area contributed by atoms with Gasteiger partial charge in [0.05, 0.1) is 5.92 Å². The van der Waals surface area contributed by atoms with E-state index in [0.717, 1.165) is 25.9 Å². The second kappa shape index (κ2) is 4.52. The van der Waals surface area contributed by atoms with Crippen LogP contribution in [0.1, 0.15) is 40.5 Å². The molecular formula is C12H23NO2. The molecule has 1 fully saturated rings. The summed E-state index contributed by atoms with van der Waals surface area (Å²) in [4.78, 5) is 13.3. The number of nitrogens with zero attached hydrogens (tertiary/aromatic N) is 1. The molecule has 1 saturated heterocycles. The number of carboxylic acids is 1. The second-order valence-corrected chi connectivity index (χ2v) is 5.41. The molecule has 1 N–H and O–H groups in total. The fourth-order valence-corrected chi connectivity index (χ4v) is 2.07. The van der Waals surface area contributed by atoms with Crippen molar-refractivity contribution in [3.63, 3.8) is 0 Å². The lowest BCUT2D eigenvalue weighted by atomic mass is 9.85. The van der Waals surface area contributed by atoms with E-state index in [1.54, 1.807) is 0 Å². The van der Waals surface area contributed by atoms with Gasteiger partial charge in [0.15, 0.2) is 0 Å². The van der Waals surface area contributed by atoms with Gasteiger partial charge in [-0.25, -0.2) is 0 Å². The van der Waals surface area contributed by atoms with E-state index in [1.807, 2.05) is 0 Å². The highest BCUT2D eigenvalue weighted by molar-refractivity contribution is 5.70. The van der Waals surface area contributed by atoms with E-state index in [4.69, 9.17) is 5.11 Å². The molecule has 88 valence electrons. The predicted octanol–water partition coefficient (Wildman–Crippen LogP) is 2.22. The van der Waals surface area contributed by atoms with Gasteiger partial charge in [-0.05, 0) is 45.7 Å². The van der Waals surface area contributed by atoms with Gasteiger partial charge < -0.3 is 5.11 Å². The highest BCUT2D eigenvalue weighted by Crippen LogP contribution is 2.29. The third-order valence-electron chi connectivity index (χ3n) is 4.07. The molecule has 0 atom stereocenters. The summed E-state index contributed by atoms with van der Waals surface area (Å²) in [6.07, 6.45) is 1.59. The van der Waals surface area contributed by atoms with Crippen LogP contribution in [0.15, 0.2) is 0 Å². The van der Waals surface area contributed by atoms with Crippen LogP contribution in [-0.2, 0) is 4.79 Å². The molecule has 0 saturated carbocycles. The molecule has 3 nitrogen and oxygen atoms in total. The molecule has 0 radical (unpaired) electrons. The smallest absolute Gasteiger partial charge is 0.306 e. The van der Waals surface area contributed by atoms with Crippen LogP contribution < -0.4 is 0 Å². The first-order chi connectivity index (χ1) is 6.85. The predicted molar refractivity (Wildman–Crippen MR) is 60.8 cm³/mol. The maximum absolute atomic E-state index is 10.8. The molecular weight excluding hydrogens is 190 g/mol. The van der Waals surface area contributed by atoms with E-state index in [9.17, 15) is 4.79 Å². The van der Waals surface area contributed by atoms with Crippen LogP contribution in [0.25, 0.3) is 0 Å². The van der Waals surface area contributed by atoms with Crippen molar-refractivity contribution < 1.29 is 9.90 Å². The number of aliphatic carboxylic acids is 1. The lowest BCUT2D eigenvalue weighted by molar-refractivity contribution is -0.144. The largest absolute Gasteiger partial charge is 0.481 e. The normalized spacial score (nSPS) is 20.9. The Bertz CT molecular complexity index is 228. The number of piperidine rings is 1. The Kier molecular flexibility index (Phi) is 3.77. The Labute approximate surface area is 92.5 Å². The Morgan fingerprint density at radius 2 is 1.80 bits per heavy atom. The second-order valence-electron chi connectivity index (χ2n) is 5.41. The molecule has 1 heterocycles. The number of likely N-dealkylation sites (tertiary alicyclic amines) is 1. The number of carboxylic acid groups (broad SMARTS) is 1. The molecule has 0 aromatic heterocycles. The molecule has 0 amide bonds. The van der Waals surface area contributed by atoms with E-state index in [1.165, 1.54) is 0 Å². The molecule has 0 aromatic carbocycles. The van der Waals surface area contributed by atoms with Gasteiger partial charge in [-0.1, -0.05) is 13.8 Å². The van der Waals surface area contributed by atoms with Gasteiger partial charge in [0.1, 0.15) is 0 Å². The minimum atomic E-state index is -0.628. The molecule has 15 heavy (non-hydrogen) atoms. The monoisotopic (exact) mass is 213 g/mol. The standard InChI is InChI=1S/C12H23NO2/c1-9(2)12(3,4)13-7-5-10(6-8-13)11(14)15/h9-10H,5-8H2,1-4H3,(H,14,15). The van der Waals surface area contributed by atoms with Crippen molar-refractivity contribution in [3.05, 3.63) is 0 Å². The highest BCUT2D eigenvalue weighted by Gasteiger charge is 2.34. The van der Waals surface area contributed by atoms with Crippen molar-refractivity contribution >= 4 is 5.97 Å². The number of carbonyl (C=O) groups is 1. The first-order valence-corrected chi connectivity index (χ1v) is 5.83. The zero-order valence-electron chi connectivity index (χ0n) is 10.3. The average molecular weight is 213 g/mol. The van der Waals surface area contributed by atoms with Crippen LogP contribution >= 0.6 is 0 Å². The maximum Gasteiger partial charge on any atom is 0.306 e. The minimum absolute atomic E-state index is 0.121. The van der Waals surface area contributed by atoms with Gasteiger partial charge >= 0.3 is 5.97 Å². The molecule has 1 rings (SSSR count). The first kappa shape index (κ1) is 12.5. The van der Waals surface area contributed by atoms with Crippen molar-refractivity contribution in [2.45, 2.75) is 46.1 Å².